The summed E-state index contributed by atoms with van der Waals surface area (Å²) in [6, 6.07) is 9.52. The van der Waals surface area contributed by atoms with Crippen molar-refractivity contribution in [2.45, 2.75) is 11.1 Å². The van der Waals surface area contributed by atoms with Crippen molar-refractivity contribution >= 4 is 33.3 Å². The molecular formula is C27H27F3N2O9S. The molecule has 15 heteroatoms. The van der Waals surface area contributed by atoms with E-state index in [4.69, 9.17) is 23.7 Å². The van der Waals surface area contributed by atoms with Crippen molar-refractivity contribution in [3.63, 3.8) is 0 Å². The topological polar surface area (TPSA) is 130 Å². The first-order valence-electron chi connectivity index (χ1n) is 11.9. The van der Waals surface area contributed by atoms with Gasteiger partial charge < -0.3 is 29.0 Å². The van der Waals surface area contributed by atoms with Crippen molar-refractivity contribution in [3.05, 3.63) is 65.7 Å². The number of ether oxygens (including phenoxy) is 5. The van der Waals surface area contributed by atoms with E-state index in [0.717, 1.165) is 37.4 Å². The van der Waals surface area contributed by atoms with E-state index in [-0.39, 0.29) is 34.2 Å². The molecule has 3 aromatic carbocycles. The molecule has 1 N–H and O–H groups in total. The number of hydrogen-bond donors (Lipinski definition) is 1. The first-order valence-corrected chi connectivity index (χ1v) is 13.3. The molecule has 0 atom stereocenters. The van der Waals surface area contributed by atoms with Gasteiger partial charge in [0.25, 0.3) is 10.0 Å². The largest absolute Gasteiger partial charge is 0.493 e. The van der Waals surface area contributed by atoms with E-state index in [1.807, 2.05) is 0 Å². The number of esters is 1. The number of anilines is 2. The molecule has 42 heavy (non-hydrogen) atoms. The van der Waals surface area contributed by atoms with Crippen molar-refractivity contribution < 1.29 is 54.9 Å². The number of amides is 1. The average molecular weight is 613 g/mol. The lowest BCUT2D eigenvalue weighted by Crippen LogP contribution is -2.38. The fourth-order valence-corrected chi connectivity index (χ4v) is 5.27. The van der Waals surface area contributed by atoms with Gasteiger partial charge in [0.15, 0.2) is 23.0 Å². The van der Waals surface area contributed by atoms with Crippen LogP contribution < -0.4 is 28.6 Å². The van der Waals surface area contributed by atoms with Gasteiger partial charge in [0.2, 0.25) is 5.91 Å². The molecule has 3 aromatic rings. The molecule has 226 valence electrons. The highest BCUT2D eigenvalue weighted by atomic mass is 32.2. The molecule has 1 amide bonds. The van der Waals surface area contributed by atoms with Gasteiger partial charge in [-0.3, -0.25) is 9.10 Å². The van der Waals surface area contributed by atoms with Crippen molar-refractivity contribution in [1.82, 2.24) is 0 Å². The number of carbonyl (C=O) groups excluding carboxylic acids is 2. The van der Waals surface area contributed by atoms with Gasteiger partial charge in [0.05, 0.1) is 62.9 Å². The molecule has 0 aliphatic carbocycles. The number of nitrogens with zero attached hydrogens (tertiary/aromatic N) is 1. The van der Waals surface area contributed by atoms with Crippen LogP contribution in [0.5, 0.6) is 23.0 Å². The summed E-state index contributed by atoms with van der Waals surface area (Å²) >= 11 is 0. The highest BCUT2D eigenvalue weighted by molar-refractivity contribution is 7.92. The molecule has 0 aromatic heterocycles. The van der Waals surface area contributed by atoms with E-state index in [0.29, 0.717) is 10.4 Å². The highest BCUT2D eigenvalue weighted by Gasteiger charge is 2.34. The van der Waals surface area contributed by atoms with Gasteiger partial charge in [-0.25, -0.2) is 13.2 Å². The lowest BCUT2D eigenvalue weighted by molar-refractivity contribution is -0.137. The predicted molar refractivity (Wildman–Crippen MR) is 145 cm³/mol. The van der Waals surface area contributed by atoms with E-state index in [1.54, 1.807) is 0 Å². The SMILES string of the molecule is COC(=O)c1cc(OC)c(OC)cc1NC(=O)CN(c1cccc(C(F)(F)F)c1)S(=O)(=O)c1ccc(OC)c(OC)c1. The molecule has 3 rings (SSSR count). The minimum atomic E-state index is -4.80. The second-order valence-corrected chi connectivity index (χ2v) is 10.2. The summed E-state index contributed by atoms with van der Waals surface area (Å²) in [7, 11) is 1.67. The van der Waals surface area contributed by atoms with Gasteiger partial charge in [0.1, 0.15) is 6.54 Å². The Morgan fingerprint density at radius 2 is 1.40 bits per heavy atom. The van der Waals surface area contributed by atoms with E-state index in [2.05, 4.69) is 5.32 Å². The summed E-state index contributed by atoms with van der Waals surface area (Å²) in [6.07, 6.45) is -4.80. The Bertz CT molecular complexity index is 1580. The molecule has 0 spiro atoms. The van der Waals surface area contributed by atoms with Crippen LogP contribution in [0.25, 0.3) is 0 Å². The molecule has 11 nitrogen and oxygen atoms in total. The predicted octanol–water partition coefficient (Wildman–Crippen LogP) is 4.36. The Morgan fingerprint density at radius 3 is 1.98 bits per heavy atom. The number of sulfonamides is 1. The molecular weight excluding hydrogens is 585 g/mol. The summed E-state index contributed by atoms with van der Waals surface area (Å²) < 4.78 is 94.1. The summed E-state index contributed by atoms with van der Waals surface area (Å²) in [5.74, 6) is -1.39. The third-order valence-corrected chi connectivity index (χ3v) is 7.66. The standard InChI is InChI=1S/C27H27F3N2O9S/c1-37-21-10-9-18(12-22(21)38-2)42(35,36)32(17-8-6-7-16(11-17)27(28,29)30)15-25(33)31-20-14-24(40-4)23(39-3)13-19(20)26(34)41-5/h6-14H,15H2,1-5H3,(H,31,33). The van der Waals surface area contributed by atoms with Gasteiger partial charge in [-0.1, -0.05) is 6.07 Å². The first kappa shape index (κ1) is 31.9. The minimum absolute atomic E-state index is 0.0278. The molecule has 0 unspecified atom stereocenters. The number of nitrogens with one attached hydrogen (secondary N) is 1. The number of rotatable bonds is 11. The van der Waals surface area contributed by atoms with Gasteiger partial charge >= 0.3 is 12.1 Å². The van der Waals surface area contributed by atoms with E-state index >= 15 is 0 Å². The second-order valence-electron chi connectivity index (χ2n) is 8.37. The maximum atomic E-state index is 13.8. The molecule has 0 saturated heterocycles. The van der Waals surface area contributed by atoms with Crippen LogP contribution >= 0.6 is 0 Å². The van der Waals surface area contributed by atoms with Crippen molar-refractivity contribution in [2.75, 3.05) is 51.7 Å². The smallest absolute Gasteiger partial charge is 0.416 e. The third-order valence-electron chi connectivity index (χ3n) is 5.89. The van der Waals surface area contributed by atoms with E-state index in [1.165, 1.54) is 46.6 Å². The zero-order valence-electron chi connectivity index (χ0n) is 23.1. The fraction of sp³-hybridized carbons (Fsp3) is 0.259. The van der Waals surface area contributed by atoms with Crippen LogP contribution in [0.15, 0.2) is 59.5 Å². The zero-order chi connectivity index (χ0) is 31.2. The van der Waals surface area contributed by atoms with Crippen molar-refractivity contribution in [3.8, 4) is 23.0 Å². The molecule has 0 heterocycles. The lowest BCUT2D eigenvalue weighted by Gasteiger charge is -2.25. The lowest BCUT2D eigenvalue weighted by atomic mass is 10.1. The first-order chi connectivity index (χ1) is 19.8. The van der Waals surface area contributed by atoms with Crippen LogP contribution in [-0.2, 0) is 25.7 Å². The van der Waals surface area contributed by atoms with Crippen LogP contribution in [0.4, 0.5) is 24.5 Å². The van der Waals surface area contributed by atoms with Gasteiger partial charge in [-0.05, 0) is 30.3 Å². The van der Waals surface area contributed by atoms with Gasteiger partial charge in [0, 0.05) is 18.2 Å². The Morgan fingerprint density at radius 1 is 0.810 bits per heavy atom. The van der Waals surface area contributed by atoms with E-state index < -0.39 is 50.8 Å². The Hall–Kier alpha value is -4.66. The molecule has 0 aliphatic heterocycles. The Balaban J connectivity index is 2.12. The van der Waals surface area contributed by atoms with Crippen LogP contribution in [0.2, 0.25) is 0 Å². The van der Waals surface area contributed by atoms with Gasteiger partial charge in [-0.2, -0.15) is 13.2 Å². The molecule has 0 saturated carbocycles. The molecule has 0 fully saturated rings. The fourth-order valence-electron chi connectivity index (χ4n) is 3.84. The van der Waals surface area contributed by atoms with Crippen LogP contribution in [0, 0.1) is 0 Å². The molecule has 0 aliphatic rings. The van der Waals surface area contributed by atoms with E-state index in [9.17, 15) is 31.2 Å². The maximum absolute atomic E-state index is 13.8. The highest BCUT2D eigenvalue weighted by Crippen LogP contribution is 2.36. The van der Waals surface area contributed by atoms with Crippen LogP contribution in [-0.4, -0.2) is 62.4 Å². The monoisotopic (exact) mass is 612 g/mol. The Labute approximate surface area is 239 Å². The summed E-state index contributed by atoms with van der Waals surface area (Å²) in [6.45, 7) is -0.993. The van der Waals surface area contributed by atoms with Crippen LogP contribution in [0.1, 0.15) is 15.9 Å². The average Bonchev–Trinajstić information content (AvgIpc) is 2.98. The van der Waals surface area contributed by atoms with Crippen molar-refractivity contribution in [1.29, 1.82) is 0 Å². The molecule has 0 radical (unpaired) electrons. The second kappa shape index (κ2) is 12.9. The number of alkyl halides is 3. The quantitative estimate of drug-likeness (QED) is 0.314. The summed E-state index contributed by atoms with van der Waals surface area (Å²) in [4.78, 5) is 25.3. The maximum Gasteiger partial charge on any atom is 0.416 e. The molecule has 0 bridgehead atoms. The number of methoxy groups -OCH3 is 5. The third kappa shape index (κ3) is 6.79. The Kier molecular flexibility index (Phi) is 9.78. The summed E-state index contributed by atoms with van der Waals surface area (Å²) in [5, 5.41) is 2.41. The normalized spacial score (nSPS) is 11.3. The van der Waals surface area contributed by atoms with Crippen molar-refractivity contribution in [2.24, 2.45) is 0 Å². The van der Waals surface area contributed by atoms with Gasteiger partial charge in [-0.15, -0.1) is 0 Å². The number of carbonyl (C=O) groups is 2. The van der Waals surface area contributed by atoms with Crippen LogP contribution in [0.3, 0.4) is 0 Å². The minimum Gasteiger partial charge on any atom is -0.493 e. The number of benzene rings is 3. The number of halogens is 3. The zero-order valence-corrected chi connectivity index (χ0v) is 23.9. The number of hydrogen-bond acceptors (Lipinski definition) is 9. The summed E-state index contributed by atoms with van der Waals surface area (Å²) in [5.41, 5.74) is -1.87.